The number of aliphatic hydroxyl groups excluding tert-OH is 1. The fourth-order valence-electron chi connectivity index (χ4n) is 1.42. The standard InChI is InChI=1S/C10H20OS2/c1-8(2)3-4-9(11)10-7-12-5-6-13-10/h8-11H,3-7H2,1-2H3. The molecule has 0 radical (unpaired) electrons. The van der Waals surface area contributed by atoms with E-state index in [4.69, 9.17) is 0 Å². The molecule has 0 saturated carbocycles. The summed E-state index contributed by atoms with van der Waals surface area (Å²) in [4.78, 5) is 0. The molecule has 0 bridgehead atoms. The van der Waals surface area contributed by atoms with Gasteiger partial charge >= 0.3 is 0 Å². The Hall–Kier alpha value is 0.660. The van der Waals surface area contributed by atoms with Crippen LogP contribution in [0.3, 0.4) is 0 Å². The first-order valence-corrected chi connectivity index (χ1v) is 7.28. The van der Waals surface area contributed by atoms with Crippen LogP contribution in [0.4, 0.5) is 0 Å². The molecule has 0 aromatic heterocycles. The molecule has 1 aliphatic rings. The van der Waals surface area contributed by atoms with Crippen molar-refractivity contribution in [2.75, 3.05) is 17.3 Å². The van der Waals surface area contributed by atoms with Gasteiger partial charge in [0.1, 0.15) is 0 Å². The van der Waals surface area contributed by atoms with E-state index < -0.39 is 0 Å². The summed E-state index contributed by atoms with van der Waals surface area (Å²) in [6.07, 6.45) is 2.07. The Morgan fingerprint density at radius 1 is 1.31 bits per heavy atom. The Bertz CT molecular complexity index is 133. The van der Waals surface area contributed by atoms with Crippen LogP contribution in [-0.4, -0.2) is 33.7 Å². The van der Waals surface area contributed by atoms with Crippen molar-refractivity contribution in [3.8, 4) is 0 Å². The Balaban J connectivity index is 2.17. The van der Waals surface area contributed by atoms with Crippen LogP contribution in [0.1, 0.15) is 26.7 Å². The number of hydrogen-bond donors (Lipinski definition) is 1. The van der Waals surface area contributed by atoms with E-state index in [1.807, 2.05) is 23.5 Å². The maximum Gasteiger partial charge on any atom is 0.0666 e. The van der Waals surface area contributed by atoms with Crippen LogP contribution in [0.2, 0.25) is 0 Å². The van der Waals surface area contributed by atoms with Gasteiger partial charge in [0.15, 0.2) is 0 Å². The van der Waals surface area contributed by atoms with Gasteiger partial charge in [0.05, 0.1) is 6.10 Å². The Morgan fingerprint density at radius 3 is 2.62 bits per heavy atom. The molecule has 13 heavy (non-hydrogen) atoms. The van der Waals surface area contributed by atoms with Crippen LogP contribution >= 0.6 is 23.5 Å². The summed E-state index contributed by atoms with van der Waals surface area (Å²) in [5, 5.41) is 10.4. The molecule has 3 heteroatoms. The second-order valence-electron chi connectivity index (χ2n) is 4.02. The van der Waals surface area contributed by atoms with Gasteiger partial charge in [0, 0.05) is 22.5 Å². The molecule has 78 valence electrons. The summed E-state index contributed by atoms with van der Waals surface area (Å²) >= 11 is 3.94. The van der Waals surface area contributed by atoms with Gasteiger partial charge in [0.2, 0.25) is 0 Å². The number of hydrogen-bond acceptors (Lipinski definition) is 3. The largest absolute Gasteiger partial charge is 0.392 e. The first-order valence-electron chi connectivity index (χ1n) is 5.07. The SMILES string of the molecule is CC(C)CCC(O)C1CSCCS1. The number of rotatable bonds is 4. The van der Waals surface area contributed by atoms with Gasteiger partial charge in [-0.2, -0.15) is 23.5 Å². The minimum absolute atomic E-state index is 0.0693. The first-order chi connectivity index (χ1) is 6.20. The van der Waals surface area contributed by atoms with E-state index in [9.17, 15) is 5.11 Å². The van der Waals surface area contributed by atoms with Gasteiger partial charge in [0.25, 0.3) is 0 Å². The predicted octanol–water partition coefficient (Wildman–Crippen LogP) is 2.63. The summed E-state index contributed by atoms with van der Waals surface area (Å²) in [7, 11) is 0. The first kappa shape index (κ1) is 11.7. The lowest BCUT2D eigenvalue weighted by molar-refractivity contribution is 0.159. The molecule has 1 nitrogen and oxygen atoms in total. The third-order valence-corrected chi connectivity index (χ3v) is 5.22. The second kappa shape index (κ2) is 6.20. The van der Waals surface area contributed by atoms with Crippen LogP contribution < -0.4 is 0 Å². The van der Waals surface area contributed by atoms with Crippen molar-refractivity contribution in [1.82, 2.24) is 0 Å². The summed E-state index contributed by atoms with van der Waals surface area (Å²) in [5.74, 6) is 4.34. The zero-order valence-electron chi connectivity index (χ0n) is 8.53. The van der Waals surface area contributed by atoms with E-state index in [1.54, 1.807) is 0 Å². The highest BCUT2D eigenvalue weighted by atomic mass is 32.2. The average molecular weight is 220 g/mol. The van der Waals surface area contributed by atoms with E-state index >= 15 is 0 Å². The molecule has 1 N–H and O–H groups in total. The van der Waals surface area contributed by atoms with E-state index in [0.29, 0.717) is 5.25 Å². The molecule has 2 atom stereocenters. The minimum atomic E-state index is -0.0693. The predicted molar refractivity (Wildman–Crippen MR) is 63.6 cm³/mol. The molecule has 1 heterocycles. The molecular formula is C10H20OS2. The normalized spacial score (nSPS) is 26.3. The highest BCUT2D eigenvalue weighted by molar-refractivity contribution is 8.06. The van der Waals surface area contributed by atoms with E-state index in [-0.39, 0.29) is 6.10 Å². The summed E-state index contributed by atoms with van der Waals surface area (Å²) in [5.41, 5.74) is 0. The molecule has 0 aromatic rings. The van der Waals surface area contributed by atoms with Crippen molar-refractivity contribution >= 4 is 23.5 Å². The van der Waals surface area contributed by atoms with Crippen molar-refractivity contribution in [2.24, 2.45) is 5.92 Å². The molecule has 1 saturated heterocycles. The molecule has 0 aliphatic carbocycles. The van der Waals surface area contributed by atoms with Crippen molar-refractivity contribution in [3.05, 3.63) is 0 Å². The van der Waals surface area contributed by atoms with Crippen LogP contribution in [0, 0.1) is 5.92 Å². The quantitative estimate of drug-likeness (QED) is 0.786. The van der Waals surface area contributed by atoms with Crippen LogP contribution in [-0.2, 0) is 0 Å². The zero-order chi connectivity index (χ0) is 9.68. The highest BCUT2D eigenvalue weighted by Gasteiger charge is 2.22. The van der Waals surface area contributed by atoms with Crippen molar-refractivity contribution in [2.45, 2.75) is 38.0 Å². The molecule has 1 fully saturated rings. The fourth-order valence-corrected chi connectivity index (χ4v) is 4.23. The number of aliphatic hydroxyl groups is 1. The summed E-state index contributed by atoms with van der Waals surface area (Å²) in [6.45, 7) is 4.44. The van der Waals surface area contributed by atoms with Crippen LogP contribution in [0.25, 0.3) is 0 Å². The van der Waals surface area contributed by atoms with E-state index in [2.05, 4.69) is 13.8 Å². The Morgan fingerprint density at radius 2 is 2.08 bits per heavy atom. The highest BCUT2D eigenvalue weighted by Crippen LogP contribution is 2.28. The van der Waals surface area contributed by atoms with Gasteiger partial charge in [-0.3, -0.25) is 0 Å². The number of thioether (sulfide) groups is 2. The maximum absolute atomic E-state index is 9.89. The van der Waals surface area contributed by atoms with Crippen molar-refractivity contribution in [3.63, 3.8) is 0 Å². The van der Waals surface area contributed by atoms with Crippen molar-refractivity contribution in [1.29, 1.82) is 0 Å². The van der Waals surface area contributed by atoms with Gasteiger partial charge in [-0.1, -0.05) is 13.8 Å². The second-order valence-corrected chi connectivity index (χ2v) is 6.52. The Kier molecular flexibility index (Phi) is 5.60. The van der Waals surface area contributed by atoms with Gasteiger partial charge in [-0.15, -0.1) is 0 Å². The van der Waals surface area contributed by atoms with Gasteiger partial charge < -0.3 is 5.11 Å². The smallest absolute Gasteiger partial charge is 0.0666 e. The Labute approximate surface area is 90.1 Å². The topological polar surface area (TPSA) is 20.2 Å². The molecule has 0 spiro atoms. The summed E-state index contributed by atoms with van der Waals surface area (Å²) < 4.78 is 0. The minimum Gasteiger partial charge on any atom is -0.392 e. The third-order valence-electron chi connectivity index (χ3n) is 2.31. The molecule has 2 unspecified atom stereocenters. The lowest BCUT2D eigenvalue weighted by Gasteiger charge is -2.26. The zero-order valence-corrected chi connectivity index (χ0v) is 10.2. The molecule has 0 aromatic carbocycles. The van der Waals surface area contributed by atoms with Crippen LogP contribution in [0.5, 0.6) is 0 Å². The summed E-state index contributed by atoms with van der Waals surface area (Å²) in [6, 6.07) is 0. The van der Waals surface area contributed by atoms with Gasteiger partial charge in [-0.05, 0) is 18.8 Å². The molecule has 1 rings (SSSR count). The average Bonchev–Trinajstić information content (AvgIpc) is 2.15. The van der Waals surface area contributed by atoms with Gasteiger partial charge in [-0.25, -0.2) is 0 Å². The molecule has 1 aliphatic heterocycles. The van der Waals surface area contributed by atoms with E-state index in [1.165, 1.54) is 11.5 Å². The van der Waals surface area contributed by atoms with Crippen molar-refractivity contribution < 1.29 is 5.11 Å². The lowest BCUT2D eigenvalue weighted by Crippen LogP contribution is -2.28. The maximum atomic E-state index is 9.89. The third kappa shape index (κ3) is 4.61. The monoisotopic (exact) mass is 220 g/mol. The lowest BCUT2D eigenvalue weighted by atomic mass is 10.0. The van der Waals surface area contributed by atoms with Crippen LogP contribution in [0.15, 0.2) is 0 Å². The molecule has 0 amide bonds. The fraction of sp³-hybridized carbons (Fsp3) is 1.00. The molecular weight excluding hydrogens is 200 g/mol. The van der Waals surface area contributed by atoms with E-state index in [0.717, 1.165) is 24.5 Å².